The molecule has 1 aliphatic rings. The summed E-state index contributed by atoms with van der Waals surface area (Å²) in [5, 5.41) is 9.07. The smallest absolute Gasteiger partial charge is 0.317 e. The van der Waals surface area contributed by atoms with Gasteiger partial charge in [0.1, 0.15) is 0 Å². The number of benzene rings is 1. The third-order valence-electron chi connectivity index (χ3n) is 3.71. The van der Waals surface area contributed by atoms with Gasteiger partial charge in [-0.2, -0.15) is 0 Å². The molecule has 1 aromatic rings. The van der Waals surface area contributed by atoms with E-state index in [0.717, 1.165) is 0 Å². The normalized spacial score (nSPS) is 15.8. The van der Waals surface area contributed by atoms with Gasteiger partial charge in [-0.3, -0.25) is 9.69 Å². The lowest BCUT2D eigenvalue weighted by atomic mass is 9.99. The largest absolute Gasteiger partial charge is 0.480 e. The van der Waals surface area contributed by atoms with Crippen molar-refractivity contribution < 1.29 is 9.90 Å². The minimum atomic E-state index is -0.765. The highest BCUT2D eigenvalue weighted by atomic mass is 16.4. The molecule has 0 spiro atoms. The summed E-state index contributed by atoms with van der Waals surface area (Å²) in [6.07, 6.45) is 2.54. The van der Waals surface area contributed by atoms with E-state index in [1.165, 1.54) is 24.0 Å². The quantitative estimate of drug-likeness (QED) is 0.884. The second-order valence-electron chi connectivity index (χ2n) is 6.39. The fraction of sp³-hybridized carbons (Fsp3) is 0.562. The van der Waals surface area contributed by atoms with Crippen molar-refractivity contribution in [3.05, 3.63) is 35.4 Å². The van der Waals surface area contributed by atoms with Crippen molar-refractivity contribution in [2.75, 3.05) is 6.54 Å². The Balaban J connectivity index is 2.19. The SMILES string of the molecule is CC(C)(C)N(CC(=O)O)Cc1ccccc1C1CC1. The molecular formula is C16H23NO2. The van der Waals surface area contributed by atoms with E-state index in [4.69, 9.17) is 5.11 Å². The fourth-order valence-corrected chi connectivity index (χ4v) is 2.37. The first-order chi connectivity index (χ1) is 8.88. The second-order valence-corrected chi connectivity index (χ2v) is 6.39. The van der Waals surface area contributed by atoms with Crippen LogP contribution in [0.2, 0.25) is 0 Å². The Morgan fingerprint density at radius 3 is 2.47 bits per heavy atom. The summed E-state index contributed by atoms with van der Waals surface area (Å²) in [6.45, 7) is 6.99. The van der Waals surface area contributed by atoms with Gasteiger partial charge in [0, 0.05) is 12.1 Å². The van der Waals surface area contributed by atoms with Crippen molar-refractivity contribution in [1.29, 1.82) is 0 Å². The Labute approximate surface area is 115 Å². The van der Waals surface area contributed by atoms with E-state index in [0.29, 0.717) is 12.5 Å². The van der Waals surface area contributed by atoms with E-state index in [1.807, 2.05) is 11.0 Å². The van der Waals surface area contributed by atoms with Gasteiger partial charge in [0.15, 0.2) is 0 Å². The third kappa shape index (κ3) is 3.80. The van der Waals surface area contributed by atoms with Crippen molar-refractivity contribution in [3.8, 4) is 0 Å². The molecule has 0 heterocycles. The van der Waals surface area contributed by atoms with Crippen molar-refractivity contribution in [2.24, 2.45) is 0 Å². The molecule has 0 aromatic heterocycles. The Morgan fingerprint density at radius 1 is 1.32 bits per heavy atom. The van der Waals surface area contributed by atoms with Gasteiger partial charge in [-0.15, -0.1) is 0 Å². The molecule has 3 nitrogen and oxygen atoms in total. The van der Waals surface area contributed by atoms with Crippen molar-refractivity contribution in [3.63, 3.8) is 0 Å². The lowest BCUT2D eigenvalue weighted by Gasteiger charge is -2.34. The number of aliphatic carboxylic acids is 1. The molecule has 0 aliphatic heterocycles. The lowest BCUT2D eigenvalue weighted by Crippen LogP contribution is -2.43. The first-order valence-electron chi connectivity index (χ1n) is 6.92. The molecule has 0 unspecified atom stereocenters. The predicted molar refractivity (Wildman–Crippen MR) is 76.2 cm³/mol. The first-order valence-corrected chi connectivity index (χ1v) is 6.92. The highest BCUT2D eigenvalue weighted by molar-refractivity contribution is 5.69. The number of rotatable bonds is 5. The van der Waals surface area contributed by atoms with Crippen LogP contribution in [0.1, 0.15) is 50.7 Å². The molecule has 0 amide bonds. The molecule has 1 aromatic carbocycles. The van der Waals surface area contributed by atoms with Gasteiger partial charge in [-0.1, -0.05) is 24.3 Å². The minimum absolute atomic E-state index is 0.0858. The molecule has 0 saturated heterocycles. The maximum absolute atomic E-state index is 11.0. The van der Waals surface area contributed by atoms with Gasteiger partial charge >= 0.3 is 5.97 Å². The van der Waals surface area contributed by atoms with Crippen LogP contribution in [-0.2, 0) is 11.3 Å². The van der Waals surface area contributed by atoms with Crippen LogP contribution in [0, 0.1) is 0 Å². The maximum atomic E-state index is 11.0. The van der Waals surface area contributed by atoms with Crippen LogP contribution in [0.15, 0.2) is 24.3 Å². The highest BCUT2D eigenvalue weighted by Crippen LogP contribution is 2.42. The molecule has 2 rings (SSSR count). The van der Waals surface area contributed by atoms with E-state index >= 15 is 0 Å². The Morgan fingerprint density at radius 2 is 1.95 bits per heavy atom. The van der Waals surface area contributed by atoms with E-state index < -0.39 is 5.97 Å². The van der Waals surface area contributed by atoms with Crippen molar-refractivity contribution in [2.45, 2.75) is 51.6 Å². The van der Waals surface area contributed by atoms with E-state index in [9.17, 15) is 4.79 Å². The molecule has 19 heavy (non-hydrogen) atoms. The number of carbonyl (C=O) groups is 1. The number of hydrogen-bond acceptors (Lipinski definition) is 2. The van der Waals surface area contributed by atoms with Crippen molar-refractivity contribution >= 4 is 5.97 Å². The summed E-state index contributed by atoms with van der Waals surface area (Å²) in [4.78, 5) is 13.1. The highest BCUT2D eigenvalue weighted by Gasteiger charge is 2.28. The number of hydrogen-bond donors (Lipinski definition) is 1. The molecule has 0 radical (unpaired) electrons. The Hall–Kier alpha value is -1.35. The zero-order chi connectivity index (χ0) is 14.0. The van der Waals surface area contributed by atoms with Gasteiger partial charge in [-0.05, 0) is 50.7 Å². The zero-order valence-corrected chi connectivity index (χ0v) is 12.0. The van der Waals surface area contributed by atoms with Crippen LogP contribution in [0.4, 0.5) is 0 Å². The summed E-state index contributed by atoms with van der Waals surface area (Å²) >= 11 is 0. The van der Waals surface area contributed by atoms with Crippen LogP contribution in [0.3, 0.4) is 0 Å². The fourth-order valence-electron chi connectivity index (χ4n) is 2.37. The zero-order valence-electron chi connectivity index (χ0n) is 12.0. The van der Waals surface area contributed by atoms with Crippen molar-refractivity contribution in [1.82, 2.24) is 4.90 Å². The standard InChI is InChI=1S/C16H23NO2/c1-16(2,3)17(11-15(18)19)10-13-6-4-5-7-14(13)12-8-9-12/h4-7,12H,8-11H2,1-3H3,(H,18,19). The molecule has 104 valence electrons. The molecule has 1 fully saturated rings. The first kappa shape index (κ1) is 14.1. The van der Waals surface area contributed by atoms with Crippen LogP contribution in [0.5, 0.6) is 0 Å². The summed E-state index contributed by atoms with van der Waals surface area (Å²) in [6, 6.07) is 8.45. The van der Waals surface area contributed by atoms with Crippen LogP contribution >= 0.6 is 0 Å². The van der Waals surface area contributed by atoms with Crippen LogP contribution in [-0.4, -0.2) is 28.1 Å². The molecule has 1 saturated carbocycles. The van der Waals surface area contributed by atoms with Gasteiger partial charge in [0.05, 0.1) is 6.54 Å². The topological polar surface area (TPSA) is 40.5 Å². The van der Waals surface area contributed by atoms with E-state index in [2.05, 4.69) is 39.0 Å². The van der Waals surface area contributed by atoms with Gasteiger partial charge in [0.25, 0.3) is 0 Å². The summed E-state index contributed by atoms with van der Waals surface area (Å²) < 4.78 is 0. The lowest BCUT2D eigenvalue weighted by molar-refractivity contribution is -0.139. The van der Waals surface area contributed by atoms with E-state index in [-0.39, 0.29) is 12.1 Å². The molecule has 1 aliphatic carbocycles. The number of carboxylic acids is 1. The van der Waals surface area contributed by atoms with E-state index in [1.54, 1.807) is 0 Å². The number of carboxylic acid groups (broad SMARTS) is 1. The van der Waals surface area contributed by atoms with Gasteiger partial charge in [-0.25, -0.2) is 0 Å². The predicted octanol–water partition coefficient (Wildman–Crippen LogP) is 3.25. The number of nitrogens with zero attached hydrogens (tertiary/aromatic N) is 1. The molecule has 3 heteroatoms. The monoisotopic (exact) mass is 261 g/mol. The summed E-state index contributed by atoms with van der Waals surface area (Å²) in [5.74, 6) is -0.0679. The maximum Gasteiger partial charge on any atom is 0.317 e. The average molecular weight is 261 g/mol. The van der Waals surface area contributed by atoms with Crippen LogP contribution in [0.25, 0.3) is 0 Å². The second kappa shape index (κ2) is 5.33. The molecule has 0 atom stereocenters. The summed E-state index contributed by atoms with van der Waals surface area (Å²) in [7, 11) is 0. The molecule has 0 bridgehead atoms. The minimum Gasteiger partial charge on any atom is -0.480 e. The van der Waals surface area contributed by atoms with Crippen LogP contribution < -0.4 is 0 Å². The third-order valence-corrected chi connectivity index (χ3v) is 3.71. The van der Waals surface area contributed by atoms with Gasteiger partial charge in [0.2, 0.25) is 0 Å². The Kier molecular flexibility index (Phi) is 3.95. The van der Waals surface area contributed by atoms with Gasteiger partial charge < -0.3 is 5.11 Å². The average Bonchev–Trinajstić information content (AvgIpc) is 3.11. The summed E-state index contributed by atoms with van der Waals surface area (Å²) in [5.41, 5.74) is 2.54. The Bertz CT molecular complexity index is 458. The molecule has 1 N–H and O–H groups in total. The molecular weight excluding hydrogens is 238 g/mol.